The Bertz CT molecular complexity index is 990. The van der Waals surface area contributed by atoms with E-state index in [4.69, 9.17) is 0 Å². The molecule has 162 valence electrons. The molecule has 31 heavy (non-hydrogen) atoms. The van der Waals surface area contributed by atoms with Gasteiger partial charge >= 0.3 is 0 Å². The van der Waals surface area contributed by atoms with Gasteiger partial charge in [0.1, 0.15) is 11.5 Å². The highest BCUT2D eigenvalue weighted by Gasteiger charge is 2.42. The standard InChI is InChI=1S/C25H28FN3O2/c1-3-4-5-18-6-12-21(13-7-18)29-24(30)22(19-8-10-20(26)11-9-19)23(25(29)31)28-16-14-27(2)15-17-28/h6-13H,3-5,14-17H2,1-2H3. The number of amides is 2. The van der Waals surface area contributed by atoms with Crippen LogP contribution in [0.2, 0.25) is 0 Å². The summed E-state index contributed by atoms with van der Waals surface area (Å²) in [6.07, 6.45) is 3.19. The van der Waals surface area contributed by atoms with Gasteiger partial charge in [-0.3, -0.25) is 9.59 Å². The van der Waals surface area contributed by atoms with Gasteiger partial charge in [0.15, 0.2) is 0 Å². The highest BCUT2D eigenvalue weighted by Crippen LogP contribution is 2.35. The minimum Gasteiger partial charge on any atom is -0.364 e. The summed E-state index contributed by atoms with van der Waals surface area (Å²) in [4.78, 5) is 32.5. The number of anilines is 1. The molecule has 4 rings (SSSR count). The number of halogens is 1. The van der Waals surface area contributed by atoms with Crippen LogP contribution in [0.4, 0.5) is 10.1 Å². The fourth-order valence-corrected chi connectivity index (χ4v) is 4.15. The maximum Gasteiger partial charge on any atom is 0.282 e. The Morgan fingerprint density at radius 1 is 0.871 bits per heavy atom. The fraction of sp³-hybridized carbons (Fsp3) is 0.360. The molecule has 2 aliphatic rings. The van der Waals surface area contributed by atoms with Crippen molar-refractivity contribution in [2.75, 3.05) is 38.1 Å². The third-order valence-electron chi connectivity index (χ3n) is 6.03. The Balaban J connectivity index is 1.70. The van der Waals surface area contributed by atoms with Crippen LogP contribution in [0.25, 0.3) is 5.57 Å². The van der Waals surface area contributed by atoms with E-state index in [0.717, 1.165) is 32.4 Å². The number of rotatable bonds is 6. The smallest absolute Gasteiger partial charge is 0.282 e. The monoisotopic (exact) mass is 421 g/mol. The third kappa shape index (κ3) is 4.26. The average Bonchev–Trinajstić information content (AvgIpc) is 3.04. The average molecular weight is 422 g/mol. The Hall–Kier alpha value is -2.99. The summed E-state index contributed by atoms with van der Waals surface area (Å²) in [5.74, 6) is -1.04. The second-order valence-corrected chi connectivity index (χ2v) is 8.24. The maximum atomic E-state index is 13.5. The molecule has 0 N–H and O–H groups in total. The van der Waals surface area contributed by atoms with Gasteiger partial charge in [-0.2, -0.15) is 0 Å². The van der Waals surface area contributed by atoms with Crippen LogP contribution in [0.3, 0.4) is 0 Å². The Morgan fingerprint density at radius 2 is 1.52 bits per heavy atom. The first-order valence-electron chi connectivity index (χ1n) is 10.9. The van der Waals surface area contributed by atoms with Crippen molar-refractivity contribution in [1.29, 1.82) is 0 Å². The van der Waals surface area contributed by atoms with Gasteiger partial charge in [-0.25, -0.2) is 9.29 Å². The van der Waals surface area contributed by atoms with Crippen LogP contribution in [0, 0.1) is 5.82 Å². The highest BCUT2D eigenvalue weighted by atomic mass is 19.1. The molecular formula is C25H28FN3O2. The highest BCUT2D eigenvalue weighted by molar-refractivity contribution is 6.45. The Kier molecular flexibility index (Phi) is 6.18. The van der Waals surface area contributed by atoms with Crippen LogP contribution in [0.1, 0.15) is 30.9 Å². The summed E-state index contributed by atoms with van der Waals surface area (Å²) >= 11 is 0. The Morgan fingerprint density at radius 3 is 2.13 bits per heavy atom. The molecule has 0 atom stereocenters. The van der Waals surface area contributed by atoms with Crippen molar-refractivity contribution in [2.24, 2.45) is 0 Å². The lowest BCUT2D eigenvalue weighted by molar-refractivity contribution is -0.120. The van der Waals surface area contributed by atoms with Gasteiger partial charge in [-0.1, -0.05) is 37.6 Å². The molecule has 0 aromatic heterocycles. The van der Waals surface area contributed by atoms with Gasteiger partial charge < -0.3 is 9.80 Å². The minimum absolute atomic E-state index is 0.310. The van der Waals surface area contributed by atoms with Gasteiger partial charge in [-0.15, -0.1) is 0 Å². The lowest BCUT2D eigenvalue weighted by Gasteiger charge is -2.34. The number of imide groups is 1. The molecule has 0 saturated carbocycles. The normalized spacial score (nSPS) is 17.8. The molecule has 0 bridgehead atoms. The van der Waals surface area contributed by atoms with Crippen molar-refractivity contribution in [3.05, 3.63) is 71.2 Å². The molecule has 2 aromatic rings. The largest absolute Gasteiger partial charge is 0.364 e. The van der Waals surface area contributed by atoms with E-state index in [1.165, 1.54) is 22.6 Å². The summed E-state index contributed by atoms with van der Waals surface area (Å²) in [6, 6.07) is 13.5. The predicted octanol–water partition coefficient (Wildman–Crippen LogP) is 3.70. The van der Waals surface area contributed by atoms with E-state index in [0.29, 0.717) is 35.6 Å². The zero-order valence-corrected chi connectivity index (χ0v) is 18.1. The van der Waals surface area contributed by atoms with Crippen molar-refractivity contribution >= 4 is 23.1 Å². The lowest BCUT2D eigenvalue weighted by Crippen LogP contribution is -2.46. The van der Waals surface area contributed by atoms with E-state index in [2.05, 4.69) is 11.8 Å². The van der Waals surface area contributed by atoms with E-state index in [9.17, 15) is 14.0 Å². The number of unbranched alkanes of at least 4 members (excludes halogenated alkanes) is 1. The molecule has 1 saturated heterocycles. The van der Waals surface area contributed by atoms with Crippen molar-refractivity contribution in [1.82, 2.24) is 9.80 Å². The summed E-state index contributed by atoms with van der Waals surface area (Å²) in [6.45, 7) is 5.11. The number of aryl methyl sites for hydroxylation is 1. The molecule has 0 aliphatic carbocycles. The van der Waals surface area contributed by atoms with Crippen LogP contribution in [-0.4, -0.2) is 54.8 Å². The first-order valence-corrected chi connectivity index (χ1v) is 10.9. The van der Waals surface area contributed by atoms with E-state index in [-0.39, 0.29) is 17.6 Å². The molecular weight excluding hydrogens is 393 g/mol. The lowest BCUT2D eigenvalue weighted by atomic mass is 10.0. The summed E-state index contributed by atoms with van der Waals surface area (Å²) in [7, 11) is 2.04. The maximum absolute atomic E-state index is 13.5. The van der Waals surface area contributed by atoms with Crippen molar-refractivity contribution < 1.29 is 14.0 Å². The quantitative estimate of drug-likeness (QED) is 0.667. The van der Waals surface area contributed by atoms with Crippen LogP contribution in [0.15, 0.2) is 54.2 Å². The minimum atomic E-state index is -0.373. The zero-order chi connectivity index (χ0) is 22.0. The number of hydrogen-bond acceptors (Lipinski definition) is 4. The van der Waals surface area contributed by atoms with Gasteiger partial charge in [-0.05, 0) is 55.3 Å². The molecule has 2 aliphatic heterocycles. The van der Waals surface area contributed by atoms with Gasteiger partial charge in [0, 0.05) is 26.2 Å². The summed E-state index contributed by atoms with van der Waals surface area (Å²) in [5.41, 5.74) is 3.09. The third-order valence-corrected chi connectivity index (χ3v) is 6.03. The molecule has 5 nitrogen and oxygen atoms in total. The number of hydrogen-bond donors (Lipinski definition) is 0. The number of piperazine rings is 1. The number of likely N-dealkylation sites (N-methyl/N-ethyl adjacent to an activating group) is 1. The van der Waals surface area contributed by atoms with Crippen molar-refractivity contribution in [2.45, 2.75) is 26.2 Å². The second kappa shape index (κ2) is 9.02. The van der Waals surface area contributed by atoms with Gasteiger partial charge in [0.2, 0.25) is 0 Å². The van der Waals surface area contributed by atoms with E-state index < -0.39 is 0 Å². The first-order chi connectivity index (χ1) is 15.0. The van der Waals surface area contributed by atoms with Crippen molar-refractivity contribution in [3.8, 4) is 0 Å². The van der Waals surface area contributed by atoms with Crippen LogP contribution >= 0.6 is 0 Å². The summed E-state index contributed by atoms with van der Waals surface area (Å²) in [5, 5.41) is 0. The van der Waals surface area contributed by atoms with Crippen LogP contribution in [-0.2, 0) is 16.0 Å². The van der Waals surface area contributed by atoms with E-state index in [1.807, 2.05) is 36.2 Å². The van der Waals surface area contributed by atoms with Gasteiger partial charge in [0.25, 0.3) is 11.8 Å². The van der Waals surface area contributed by atoms with Crippen LogP contribution in [0.5, 0.6) is 0 Å². The molecule has 0 radical (unpaired) electrons. The predicted molar refractivity (Wildman–Crippen MR) is 120 cm³/mol. The molecule has 0 spiro atoms. The molecule has 6 heteroatoms. The first kappa shape index (κ1) is 21.2. The fourth-order valence-electron chi connectivity index (χ4n) is 4.15. The molecule has 2 heterocycles. The zero-order valence-electron chi connectivity index (χ0n) is 18.1. The number of benzene rings is 2. The second-order valence-electron chi connectivity index (χ2n) is 8.24. The van der Waals surface area contributed by atoms with Gasteiger partial charge in [0.05, 0.1) is 11.3 Å². The number of carbonyl (C=O) groups excluding carboxylic acids is 2. The van der Waals surface area contributed by atoms with Crippen molar-refractivity contribution in [3.63, 3.8) is 0 Å². The molecule has 0 unspecified atom stereocenters. The number of nitrogens with zero attached hydrogens (tertiary/aromatic N) is 3. The number of carbonyl (C=O) groups is 2. The Labute approximate surface area is 182 Å². The topological polar surface area (TPSA) is 43.9 Å². The molecule has 1 fully saturated rings. The van der Waals surface area contributed by atoms with Crippen LogP contribution < -0.4 is 4.90 Å². The van der Waals surface area contributed by atoms with E-state index >= 15 is 0 Å². The summed E-state index contributed by atoms with van der Waals surface area (Å²) < 4.78 is 13.5. The van der Waals surface area contributed by atoms with E-state index in [1.54, 1.807) is 12.1 Å². The SMILES string of the molecule is CCCCc1ccc(N2C(=O)C(c3ccc(F)cc3)=C(N3CCN(C)CC3)C2=O)cc1. The molecule has 2 amide bonds. The molecule has 2 aromatic carbocycles.